The normalized spacial score (nSPS) is 13.7. The summed E-state index contributed by atoms with van der Waals surface area (Å²) in [4.78, 5) is 28.6. The van der Waals surface area contributed by atoms with Crippen molar-refractivity contribution in [1.82, 2.24) is 9.80 Å². The highest BCUT2D eigenvalue weighted by Gasteiger charge is 2.28. The van der Waals surface area contributed by atoms with E-state index in [1.807, 2.05) is 45.0 Å². The quantitative estimate of drug-likeness (QED) is 0.430. The van der Waals surface area contributed by atoms with E-state index in [4.69, 9.17) is 15.2 Å². The highest BCUT2D eigenvalue weighted by atomic mass is 19.1. The molecular weight excluding hydrogens is 487 g/mol. The number of piperazine rings is 1. The molecule has 1 heterocycles. The highest BCUT2D eigenvalue weighted by molar-refractivity contribution is 5.95. The number of nitrogens with two attached hydrogens (primary N) is 1. The number of benzene rings is 3. The van der Waals surface area contributed by atoms with Gasteiger partial charge in [-0.05, 0) is 80.4 Å². The van der Waals surface area contributed by atoms with Gasteiger partial charge in [0.05, 0.1) is 18.5 Å². The van der Waals surface area contributed by atoms with Crippen molar-refractivity contribution < 1.29 is 23.5 Å². The summed E-state index contributed by atoms with van der Waals surface area (Å²) >= 11 is 0. The highest BCUT2D eigenvalue weighted by Crippen LogP contribution is 2.31. The Balaban J connectivity index is 1.36. The average molecular weight is 521 g/mol. The molecule has 0 aromatic heterocycles. The molecule has 200 valence electrons. The molecule has 0 aliphatic carbocycles. The van der Waals surface area contributed by atoms with Crippen LogP contribution in [0.25, 0.3) is 11.1 Å². The lowest BCUT2D eigenvalue weighted by atomic mass is 10.0. The van der Waals surface area contributed by atoms with E-state index in [0.717, 1.165) is 11.3 Å². The first-order valence-electron chi connectivity index (χ1n) is 12.4. The molecule has 0 spiro atoms. The molecule has 0 saturated carbocycles. The first kappa shape index (κ1) is 26.8. The number of carbonyl (C=O) groups excluding carboxylic acids is 2. The molecule has 1 aliphatic heterocycles. The van der Waals surface area contributed by atoms with Crippen LogP contribution >= 0.6 is 0 Å². The molecule has 0 radical (unpaired) electrons. The van der Waals surface area contributed by atoms with Crippen LogP contribution in [0, 0.1) is 5.82 Å². The van der Waals surface area contributed by atoms with Crippen LogP contribution < -0.4 is 15.8 Å². The molecule has 3 aromatic carbocycles. The zero-order valence-electron chi connectivity index (χ0n) is 22.1. The van der Waals surface area contributed by atoms with Crippen LogP contribution in [0.4, 0.5) is 26.2 Å². The number of nitrogen functional groups attached to an aromatic ring is 1. The maximum absolute atomic E-state index is 14.1. The van der Waals surface area contributed by atoms with Crippen LogP contribution in [-0.4, -0.2) is 60.7 Å². The van der Waals surface area contributed by atoms with E-state index in [-0.39, 0.29) is 17.7 Å². The molecule has 3 aromatic rings. The van der Waals surface area contributed by atoms with Gasteiger partial charge in [-0.2, -0.15) is 0 Å². The van der Waals surface area contributed by atoms with Gasteiger partial charge >= 0.3 is 6.09 Å². The van der Waals surface area contributed by atoms with Crippen molar-refractivity contribution in [2.24, 2.45) is 0 Å². The van der Waals surface area contributed by atoms with E-state index in [9.17, 15) is 14.0 Å². The summed E-state index contributed by atoms with van der Waals surface area (Å²) in [6, 6.07) is 17.4. The molecule has 4 rings (SSSR count). The fourth-order valence-electron chi connectivity index (χ4n) is 4.15. The van der Waals surface area contributed by atoms with Crippen molar-refractivity contribution in [3.8, 4) is 16.9 Å². The van der Waals surface area contributed by atoms with Gasteiger partial charge in [0.2, 0.25) is 0 Å². The van der Waals surface area contributed by atoms with Crippen molar-refractivity contribution in [1.29, 1.82) is 0 Å². The number of carbonyl (C=O) groups is 2. The van der Waals surface area contributed by atoms with E-state index >= 15 is 0 Å². The number of halogens is 1. The standard InChI is InChI=1S/C29H33FN4O4/c1-29(2,3)38-28(36)34-15-13-33(14-16-34)27(35)19-5-9-22(10-6-19)32-25-11-7-21(18-24(25)31)20-8-12-26(37-4)23(30)17-20/h5-12,17-18,32H,13-16,31H2,1-4H3. The number of rotatable bonds is 5. The van der Waals surface area contributed by atoms with Crippen molar-refractivity contribution in [2.45, 2.75) is 26.4 Å². The molecule has 1 fully saturated rings. The molecule has 8 nitrogen and oxygen atoms in total. The van der Waals surface area contributed by atoms with E-state index in [1.54, 1.807) is 40.1 Å². The second kappa shape index (κ2) is 11.0. The van der Waals surface area contributed by atoms with E-state index < -0.39 is 11.4 Å². The van der Waals surface area contributed by atoms with Gasteiger partial charge in [0.25, 0.3) is 5.91 Å². The van der Waals surface area contributed by atoms with Crippen molar-refractivity contribution >= 4 is 29.1 Å². The molecule has 0 atom stereocenters. The number of hydrogen-bond donors (Lipinski definition) is 2. The Labute approximate surface area is 222 Å². The van der Waals surface area contributed by atoms with E-state index in [2.05, 4.69) is 5.32 Å². The van der Waals surface area contributed by atoms with E-state index in [0.29, 0.717) is 48.7 Å². The third kappa shape index (κ3) is 6.34. The molecule has 0 unspecified atom stereocenters. The summed E-state index contributed by atoms with van der Waals surface area (Å²) in [5.74, 6) is -0.341. The summed E-state index contributed by atoms with van der Waals surface area (Å²) in [5.41, 5.74) is 9.71. The Morgan fingerprint density at radius 1 is 0.895 bits per heavy atom. The molecule has 3 N–H and O–H groups in total. The summed E-state index contributed by atoms with van der Waals surface area (Å²) < 4.78 is 24.5. The van der Waals surface area contributed by atoms with Crippen LogP contribution in [0.3, 0.4) is 0 Å². The Morgan fingerprint density at radius 3 is 2.08 bits per heavy atom. The maximum atomic E-state index is 14.1. The fraction of sp³-hybridized carbons (Fsp3) is 0.310. The van der Waals surface area contributed by atoms with Gasteiger partial charge in [-0.1, -0.05) is 12.1 Å². The topological polar surface area (TPSA) is 97.1 Å². The second-order valence-corrected chi connectivity index (χ2v) is 10.1. The molecule has 1 aliphatic rings. The van der Waals surface area contributed by atoms with Crippen LogP contribution in [0.5, 0.6) is 5.75 Å². The van der Waals surface area contributed by atoms with Crippen LogP contribution in [-0.2, 0) is 4.74 Å². The Bertz CT molecular complexity index is 1310. The van der Waals surface area contributed by atoms with Crippen molar-refractivity contribution in [2.75, 3.05) is 44.3 Å². The first-order chi connectivity index (χ1) is 18.0. The number of amides is 2. The number of anilines is 3. The monoisotopic (exact) mass is 520 g/mol. The molecule has 9 heteroatoms. The third-order valence-corrected chi connectivity index (χ3v) is 6.17. The average Bonchev–Trinajstić information content (AvgIpc) is 2.89. The van der Waals surface area contributed by atoms with E-state index in [1.165, 1.54) is 13.2 Å². The molecular formula is C29H33FN4O4. The molecule has 1 saturated heterocycles. The summed E-state index contributed by atoms with van der Waals surface area (Å²) in [5, 5.41) is 3.26. The smallest absolute Gasteiger partial charge is 0.410 e. The summed E-state index contributed by atoms with van der Waals surface area (Å²) in [6.45, 7) is 7.24. The SMILES string of the molecule is COc1ccc(-c2ccc(Nc3ccc(C(=O)N4CCN(C(=O)OC(C)(C)C)CC4)cc3)c(N)c2)cc1F. The van der Waals surface area contributed by atoms with Gasteiger partial charge in [0.15, 0.2) is 11.6 Å². The molecule has 38 heavy (non-hydrogen) atoms. The van der Waals surface area contributed by atoms with Crippen LogP contribution in [0.1, 0.15) is 31.1 Å². The predicted molar refractivity (Wildman–Crippen MR) is 146 cm³/mol. The van der Waals surface area contributed by atoms with Gasteiger partial charge < -0.3 is 30.3 Å². The van der Waals surface area contributed by atoms with Crippen LogP contribution in [0.15, 0.2) is 60.7 Å². The number of nitrogens with zero attached hydrogens (tertiary/aromatic N) is 2. The maximum Gasteiger partial charge on any atom is 0.410 e. The molecule has 2 amide bonds. The number of hydrogen-bond acceptors (Lipinski definition) is 6. The zero-order valence-corrected chi connectivity index (χ0v) is 22.1. The zero-order chi connectivity index (χ0) is 27.4. The van der Waals surface area contributed by atoms with Gasteiger partial charge in [0, 0.05) is 37.4 Å². The minimum absolute atomic E-state index is 0.0871. The third-order valence-electron chi connectivity index (χ3n) is 6.17. The lowest BCUT2D eigenvalue weighted by Gasteiger charge is -2.35. The predicted octanol–water partition coefficient (Wildman–Crippen LogP) is 5.52. The second-order valence-electron chi connectivity index (χ2n) is 10.1. The minimum Gasteiger partial charge on any atom is -0.494 e. The minimum atomic E-state index is -0.553. The fourth-order valence-corrected chi connectivity index (χ4v) is 4.15. The van der Waals surface area contributed by atoms with Crippen LogP contribution in [0.2, 0.25) is 0 Å². The number of ether oxygens (including phenoxy) is 2. The van der Waals surface area contributed by atoms with Crippen molar-refractivity contribution in [3.05, 3.63) is 72.0 Å². The van der Waals surface area contributed by atoms with Gasteiger partial charge in [-0.25, -0.2) is 9.18 Å². The lowest BCUT2D eigenvalue weighted by Crippen LogP contribution is -2.51. The Morgan fingerprint density at radius 2 is 1.50 bits per heavy atom. The number of nitrogens with one attached hydrogen (secondary N) is 1. The van der Waals surface area contributed by atoms with Gasteiger partial charge in [-0.3, -0.25) is 4.79 Å². The Kier molecular flexibility index (Phi) is 7.75. The van der Waals surface area contributed by atoms with Crippen molar-refractivity contribution in [3.63, 3.8) is 0 Å². The summed E-state index contributed by atoms with van der Waals surface area (Å²) in [6.07, 6.45) is -0.358. The van der Waals surface area contributed by atoms with Gasteiger partial charge in [0.1, 0.15) is 5.60 Å². The summed E-state index contributed by atoms with van der Waals surface area (Å²) in [7, 11) is 1.42. The number of methoxy groups -OCH3 is 1. The Hall–Kier alpha value is -4.27. The van der Waals surface area contributed by atoms with Gasteiger partial charge in [-0.15, -0.1) is 0 Å². The first-order valence-corrected chi connectivity index (χ1v) is 12.4. The lowest BCUT2D eigenvalue weighted by molar-refractivity contribution is 0.0141. The molecule has 0 bridgehead atoms. The largest absolute Gasteiger partial charge is 0.494 e.